The maximum absolute atomic E-state index is 11.5. The third-order valence-corrected chi connectivity index (χ3v) is 2.41. The summed E-state index contributed by atoms with van der Waals surface area (Å²) in [6, 6.07) is 0. The van der Waals surface area contributed by atoms with Gasteiger partial charge in [0, 0.05) is 6.20 Å². The van der Waals surface area contributed by atoms with E-state index >= 15 is 0 Å². The van der Waals surface area contributed by atoms with Gasteiger partial charge in [0.15, 0.2) is 11.5 Å². The lowest BCUT2D eigenvalue weighted by Gasteiger charge is -1.94. The Morgan fingerprint density at radius 1 is 1.06 bits per heavy atom. The molecule has 3 rings (SSSR count). The van der Waals surface area contributed by atoms with Crippen molar-refractivity contribution in [3.05, 3.63) is 38.9 Å². The molecule has 8 heteroatoms. The van der Waals surface area contributed by atoms with Crippen molar-refractivity contribution < 1.29 is 0 Å². The number of H-pyrrole nitrogens is 3. The van der Waals surface area contributed by atoms with Crippen molar-refractivity contribution in [2.75, 3.05) is 0 Å². The Morgan fingerprint density at radius 3 is 2.61 bits per heavy atom. The highest BCUT2D eigenvalue weighted by molar-refractivity contribution is 5.73. The third kappa shape index (κ3) is 1.59. The van der Waals surface area contributed by atoms with Crippen LogP contribution in [0.5, 0.6) is 0 Å². The summed E-state index contributed by atoms with van der Waals surface area (Å²) in [7, 11) is 0. The summed E-state index contributed by atoms with van der Waals surface area (Å²) in [5.74, 6) is 0.379. The lowest BCUT2D eigenvalue weighted by atomic mass is 10.4. The smallest absolute Gasteiger partial charge is 0.327 e. The number of aromatic amines is 3. The molecule has 0 bridgehead atoms. The molecule has 3 aromatic heterocycles. The Bertz CT molecular complexity index is 826. The number of imidazole rings is 1. The molecule has 0 fully saturated rings. The number of hydrogen-bond donors (Lipinski definition) is 3. The monoisotopic (exact) mass is 244 g/mol. The van der Waals surface area contributed by atoms with Gasteiger partial charge in [-0.2, -0.15) is 0 Å². The van der Waals surface area contributed by atoms with Gasteiger partial charge in [-0.15, -0.1) is 0 Å². The molecule has 0 amide bonds. The van der Waals surface area contributed by atoms with Crippen LogP contribution < -0.4 is 11.2 Å². The Labute approximate surface area is 99.2 Å². The largest absolute Gasteiger partial charge is 0.331 e. The quantitative estimate of drug-likeness (QED) is 0.543. The molecule has 18 heavy (non-hydrogen) atoms. The van der Waals surface area contributed by atoms with Crippen LogP contribution in [0.15, 0.2) is 22.0 Å². The Morgan fingerprint density at radius 2 is 1.89 bits per heavy atom. The van der Waals surface area contributed by atoms with E-state index in [1.54, 1.807) is 12.4 Å². The SMILES string of the molecule is Cc1cnc(-c2nc3[nH]c(=O)[nH]c(=O)c3[nH]2)cn1. The fourth-order valence-electron chi connectivity index (χ4n) is 1.57. The van der Waals surface area contributed by atoms with Crippen molar-refractivity contribution in [1.29, 1.82) is 0 Å². The summed E-state index contributed by atoms with van der Waals surface area (Å²) in [6.07, 6.45) is 3.13. The molecule has 0 aliphatic rings. The number of aromatic nitrogens is 6. The summed E-state index contributed by atoms with van der Waals surface area (Å²) >= 11 is 0. The molecule has 0 saturated carbocycles. The van der Waals surface area contributed by atoms with E-state index in [0.29, 0.717) is 11.5 Å². The molecular formula is C10H8N6O2. The van der Waals surface area contributed by atoms with Crippen molar-refractivity contribution in [3.63, 3.8) is 0 Å². The molecule has 0 spiro atoms. The normalized spacial score (nSPS) is 10.9. The Hall–Kier alpha value is -2.77. The Balaban J connectivity index is 2.25. The minimum atomic E-state index is -0.597. The van der Waals surface area contributed by atoms with Crippen molar-refractivity contribution in [2.45, 2.75) is 6.92 Å². The van der Waals surface area contributed by atoms with Gasteiger partial charge in [-0.05, 0) is 6.92 Å². The van der Waals surface area contributed by atoms with Crippen LogP contribution >= 0.6 is 0 Å². The summed E-state index contributed by atoms with van der Waals surface area (Å²) in [5.41, 5.74) is 0.555. The van der Waals surface area contributed by atoms with Crippen LogP contribution in [0.1, 0.15) is 5.69 Å². The van der Waals surface area contributed by atoms with Gasteiger partial charge < -0.3 is 4.98 Å². The molecule has 3 heterocycles. The second-order valence-electron chi connectivity index (χ2n) is 3.76. The maximum Gasteiger partial charge on any atom is 0.327 e. The highest BCUT2D eigenvalue weighted by atomic mass is 16.2. The number of rotatable bonds is 1. The molecule has 3 N–H and O–H groups in total. The molecule has 0 radical (unpaired) electrons. The van der Waals surface area contributed by atoms with Crippen molar-refractivity contribution in [1.82, 2.24) is 29.9 Å². The van der Waals surface area contributed by atoms with Crippen LogP contribution in [0.25, 0.3) is 22.7 Å². The van der Waals surface area contributed by atoms with E-state index in [1.165, 1.54) is 0 Å². The molecule has 0 atom stereocenters. The van der Waals surface area contributed by atoms with Crippen LogP contribution in [-0.2, 0) is 0 Å². The number of fused-ring (bicyclic) bond motifs is 1. The Kier molecular flexibility index (Phi) is 2.09. The van der Waals surface area contributed by atoms with Crippen molar-refractivity contribution in [2.24, 2.45) is 0 Å². The van der Waals surface area contributed by atoms with E-state index in [4.69, 9.17) is 0 Å². The second-order valence-corrected chi connectivity index (χ2v) is 3.76. The van der Waals surface area contributed by atoms with Gasteiger partial charge in [0.05, 0.1) is 11.9 Å². The van der Waals surface area contributed by atoms with Crippen molar-refractivity contribution >= 4 is 11.2 Å². The van der Waals surface area contributed by atoms with E-state index < -0.39 is 11.2 Å². The average molecular weight is 244 g/mol. The predicted octanol–water partition coefficient (Wildman–Crippen LogP) is -0.295. The van der Waals surface area contributed by atoms with E-state index in [2.05, 4.69) is 29.9 Å². The number of hydrogen-bond acceptors (Lipinski definition) is 5. The zero-order valence-electron chi connectivity index (χ0n) is 9.31. The summed E-state index contributed by atoms with van der Waals surface area (Å²) < 4.78 is 0. The molecule has 0 saturated heterocycles. The predicted molar refractivity (Wildman–Crippen MR) is 63.1 cm³/mol. The van der Waals surface area contributed by atoms with Crippen LogP contribution in [-0.4, -0.2) is 29.9 Å². The number of aryl methyl sites for hydroxylation is 1. The van der Waals surface area contributed by atoms with E-state index in [9.17, 15) is 9.59 Å². The molecule has 3 aromatic rings. The first-order valence-electron chi connectivity index (χ1n) is 5.15. The third-order valence-electron chi connectivity index (χ3n) is 2.41. The van der Waals surface area contributed by atoms with Gasteiger partial charge in [0.2, 0.25) is 0 Å². The first-order valence-corrected chi connectivity index (χ1v) is 5.15. The number of nitrogens with zero attached hydrogens (tertiary/aromatic N) is 3. The van der Waals surface area contributed by atoms with Crippen LogP contribution in [0, 0.1) is 6.92 Å². The molecular weight excluding hydrogens is 236 g/mol. The van der Waals surface area contributed by atoms with Gasteiger partial charge in [0.1, 0.15) is 11.2 Å². The van der Waals surface area contributed by atoms with Crippen molar-refractivity contribution in [3.8, 4) is 11.5 Å². The average Bonchev–Trinajstić information content (AvgIpc) is 2.74. The van der Waals surface area contributed by atoms with Crippen LogP contribution in [0.4, 0.5) is 0 Å². The van der Waals surface area contributed by atoms with Gasteiger partial charge >= 0.3 is 5.69 Å². The topological polar surface area (TPSA) is 120 Å². The van der Waals surface area contributed by atoms with Crippen LogP contribution in [0.3, 0.4) is 0 Å². The summed E-state index contributed by atoms with van der Waals surface area (Å²) in [5, 5.41) is 0. The molecule has 0 aromatic carbocycles. The fourth-order valence-corrected chi connectivity index (χ4v) is 1.57. The highest BCUT2D eigenvalue weighted by Crippen LogP contribution is 2.13. The second kappa shape index (κ2) is 3.62. The first kappa shape index (κ1) is 10.4. The van der Waals surface area contributed by atoms with E-state index in [-0.39, 0.29) is 11.2 Å². The zero-order chi connectivity index (χ0) is 12.7. The molecule has 0 aliphatic carbocycles. The minimum absolute atomic E-state index is 0.195. The van der Waals surface area contributed by atoms with Gasteiger partial charge in [-0.1, -0.05) is 0 Å². The van der Waals surface area contributed by atoms with E-state index in [1.807, 2.05) is 6.92 Å². The summed E-state index contributed by atoms with van der Waals surface area (Å²) in [6.45, 7) is 1.82. The molecule has 8 nitrogen and oxygen atoms in total. The van der Waals surface area contributed by atoms with Gasteiger partial charge in [0.25, 0.3) is 5.56 Å². The van der Waals surface area contributed by atoms with Gasteiger partial charge in [-0.25, -0.2) is 14.8 Å². The minimum Gasteiger partial charge on any atom is -0.331 e. The lowest BCUT2D eigenvalue weighted by molar-refractivity contribution is 1.07. The molecule has 0 aliphatic heterocycles. The molecule has 90 valence electrons. The lowest BCUT2D eigenvalue weighted by Crippen LogP contribution is -2.21. The number of nitrogens with one attached hydrogen (secondary N) is 3. The van der Waals surface area contributed by atoms with Crippen LogP contribution in [0.2, 0.25) is 0 Å². The summed E-state index contributed by atoms with van der Waals surface area (Å²) in [4.78, 5) is 42.3. The van der Waals surface area contributed by atoms with Gasteiger partial charge in [-0.3, -0.25) is 19.7 Å². The van der Waals surface area contributed by atoms with E-state index in [0.717, 1.165) is 5.69 Å². The molecule has 0 unspecified atom stereocenters. The first-order chi connectivity index (χ1) is 8.63. The standard InChI is InChI=1S/C10H8N6O2/c1-4-2-12-5(3-11-4)7-13-6-8(14-7)15-10(18)16-9(6)17/h2-3H,1H3,(H3,13,14,15,16,17,18). The highest BCUT2D eigenvalue weighted by Gasteiger charge is 2.10. The zero-order valence-corrected chi connectivity index (χ0v) is 9.31. The fraction of sp³-hybridized carbons (Fsp3) is 0.100. The maximum atomic E-state index is 11.5.